The zero-order valence-corrected chi connectivity index (χ0v) is 5.25. The summed E-state index contributed by atoms with van der Waals surface area (Å²) >= 11 is 0. The molecule has 0 radical (unpaired) electrons. The zero-order chi connectivity index (χ0) is 7.44. The molecule has 0 amide bonds. The van der Waals surface area contributed by atoms with Crippen molar-refractivity contribution < 1.29 is 8.78 Å². The molecule has 0 aromatic heterocycles. The maximum atomic E-state index is 12.1. The van der Waals surface area contributed by atoms with Gasteiger partial charge in [-0.15, -0.1) is 0 Å². The van der Waals surface area contributed by atoms with Crippen LogP contribution >= 0.6 is 0 Å². The van der Waals surface area contributed by atoms with Crippen molar-refractivity contribution in [3.63, 3.8) is 0 Å². The lowest BCUT2D eigenvalue weighted by molar-refractivity contribution is 0.547. The van der Waals surface area contributed by atoms with E-state index < -0.39 is 11.7 Å². The first-order valence-corrected chi connectivity index (χ1v) is 2.41. The summed E-state index contributed by atoms with van der Waals surface area (Å²) in [6.45, 7) is 7.68. The van der Waals surface area contributed by atoms with E-state index in [1.807, 2.05) is 0 Å². The summed E-state index contributed by atoms with van der Waals surface area (Å²) in [7, 11) is 0. The van der Waals surface area contributed by atoms with Crippen LogP contribution in [0.25, 0.3) is 0 Å². The Hall–Kier alpha value is -0.920. The largest absolute Gasteiger partial charge is 0.204 e. The Morgan fingerprint density at radius 1 is 1.33 bits per heavy atom. The molecular formula is C7H8F2. The number of hydrogen-bond acceptors (Lipinski definition) is 0. The number of halogens is 2. The highest BCUT2D eigenvalue weighted by Gasteiger charge is 1.96. The molecule has 0 rings (SSSR count). The third-order valence-corrected chi connectivity index (χ3v) is 0.632. The fourth-order valence-corrected chi connectivity index (χ4v) is 0.295. The summed E-state index contributed by atoms with van der Waals surface area (Å²) in [6.07, 6.45) is 0.988. The van der Waals surface area contributed by atoms with Crippen molar-refractivity contribution in [2.75, 3.05) is 0 Å². The van der Waals surface area contributed by atoms with Gasteiger partial charge in [0.2, 0.25) is 0 Å². The highest BCUT2D eigenvalue weighted by molar-refractivity contribution is 5.24. The van der Waals surface area contributed by atoms with Gasteiger partial charge < -0.3 is 0 Å². The van der Waals surface area contributed by atoms with Crippen molar-refractivity contribution in [1.29, 1.82) is 0 Å². The van der Waals surface area contributed by atoms with E-state index in [2.05, 4.69) is 13.2 Å². The Morgan fingerprint density at radius 2 is 1.78 bits per heavy atom. The van der Waals surface area contributed by atoms with E-state index in [-0.39, 0.29) is 0 Å². The van der Waals surface area contributed by atoms with Crippen LogP contribution in [0, 0.1) is 0 Å². The fraction of sp³-hybridized carbons (Fsp3) is 0.143. The van der Waals surface area contributed by atoms with Gasteiger partial charge in [0.05, 0.1) is 0 Å². The second-order valence-electron chi connectivity index (χ2n) is 1.74. The van der Waals surface area contributed by atoms with Gasteiger partial charge in [-0.1, -0.05) is 18.7 Å². The molecule has 0 aliphatic rings. The summed E-state index contributed by atoms with van der Waals surface area (Å²) in [5, 5.41) is 0. The average Bonchev–Trinajstić information content (AvgIpc) is 1.63. The molecule has 2 heteroatoms. The molecule has 0 aromatic carbocycles. The molecular weight excluding hydrogens is 122 g/mol. The molecule has 0 bridgehead atoms. The monoisotopic (exact) mass is 130 g/mol. The summed E-state index contributed by atoms with van der Waals surface area (Å²) in [5.41, 5.74) is 0.464. The van der Waals surface area contributed by atoms with Crippen LogP contribution in [0.3, 0.4) is 0 Å². The van der Waals surface area contributed by atoms with Crippen LogP contribution in [0.1, 0.15) is 6.92 Å². The number of rotatable bonds is 2. The molecule has 0 aliphatic heterocycles. The quantitative estimate of drug-likeness (QED) is 0.504. The van der Waals surface area contributed by atoms with Gasteiger partial charge in [0.1, 0.15) is 0 Å². The minimum atomic E-state index is -1.06. The highest BCUT2D eigenvalue weighted by Crippen LogP contribution is 2.11. The van der Waals surface area contributed by atoms with E-state index in [1.54, 1.807) is 6.92 Å². The molecule has 0 aliphatic carbocycles. The predicted octanol–water partition coefficient (Wildman–Crippen LogP) is 2.90. The molecule has 0 aromatic rings. The second-order valence-corrected chi connectivity index (χ2v) is 1.74. The summed E-state index contributed by atoms with van der Waals surface area (Å²) in [4.78, 5) is 0. The van der Waals surface area contributed by atoms with Crippen molar-refractivity contribution in [2.45, 2.75) is 6.92 Å². The Labute approximate surface area is 53.2 Å². The topological polar surface area (TPSA) is 0 Å². The molecule has 0 nitrogen and oxygen atoms in total. The van der Waals surface area contributed by atoms with Gasteiger partial charge in [-0.05, 0) is 13.0 Å². The number of hydrogen-bond donors (Lipinski definition) is 0. The Kier molecular flexibility index (Phi) is 2.85. The smallest absolute Gasteiger partial charge is 0.158 e. The van der Waals surface area contributed by atoms with Crippen molar-refractivity contribution in [1.82, 2.24) is 0 Å². The van der Waals surface area contributed by atoms with Gasteiger partial charge >= 0.3 is 0 Å². The van der Waals surface area contributed by atoms with Gasteiger partial charge in [-0.2, -0.15) is 0 Å². The highest BCUT2D eigenvalue weighted by atomic mass is 19.2. The van der Waals surface area contributed by atoms with Gasteiger partial charge in [0.25, 0.3) is 0 Å². The molecule has 0 atom stereocenters. The molecule has 9 heavy (non-hydrogen) atoms. The first kappa shape index (κ1) is 8.08. The van der Waals surface area contributed by atoms with Crippen molar-refractivity contribution in [3.05, 3.63) is 36.5 Å². The minimum Gasteiger partial charge on any atom is -0.204 e. The SMILES string of the molecule is C=C(C)C=C(F)C(=C)F. The van der Waals surface area contributed by atoms with Gasteiger partial charge in [0.15, 0.2) is 11.7 Å². The average molecular weight is 130 g/mol. The summed E-state index contributed by atoms with van der Waals surface area (Å²) < 4.78 is 23.9. The molecule has 0 saturated heterocycles. The van der Waals surface area contributed by atoms with Crippen LogP contribution in [0.4, 0.5) is 8.78 Å². The Morgan fingerprint density at radius 3 is 1.89 bits per heavy atom. The summed E-state index contributed by atoms with van der Waals surface area (Å²) in [5.74, 6) is -2.01. The van der Waals surface area contributed by atoms with E-state index in [1.165, 1.54) is 0 Å². The van der Waals surface area contributed by atoms with Crippen molar-refractivity contribution in [3.8, 4) is 0 Å². The van der Waals surface area contributed by atoms with E-state index >= 15 is 0 Å². The second kappa shape index (κ2) is 3.17. The lowest BCUT2D eigenvalue weighted by Crippen LogP contribution is -1.72. The first-order chi connectivity index (χ1) is 4.04. The normalized spacial score (nSPS) is 11.2. The van der Waals surface area contributed by atoms with Gasteiger partial charge in [-0.25, -0.2) is 8.78 Å². The lowest BCUT2D eigenvalue weighted by atomic mass is 10.3. The lowest BCUT2D eigenvalue weighted by Gasteiger charge is -1.88. The van der Waals surface area contributed by atoms with Crippen LogP contribution in [-0.4, -0.2) is 0 Å². The minimum absolute atomic E-state index is 0.464. The molecule has 0 spiro atoms. The Bertz CT molecular complexity index is 166. The van der Waals surface area contributed by atoms with Crippen LogP contribution in [0.5, 0.6) is 0 Å². The van der Waals surface area contributed by atoms with Crippen LogP contribution in [0.2, 0.25) is 0 Å². The third kappa shape index (κ3) is 3.64. The van der Waals surface area contributed by atoms with Crippen LogP contribution in [0.15, 0.2) is 36.5 Å². The zero-order valence-electron chi connectivity index (χ0n) is 5.25. The molecule has 50 valence electrons. The number of allylic oxidation sites excluding steroid dienone is 4. The van der Waals surface area contributed by atoms with Crippen molar-refractivity contribution in [2.24, 2.45) is 0 Å². The standard InChI is InChI=1S/C7H8F2/c1-5(2)4-7(9)6(3)8/h4H,1,3H2,2H3. The van der Waals surface area contributed by atoms with E-state index in [4.69, 9.17) is 0 Å². The third-order valence-electron chi connectivity index (χ3n) is 0.632. The van der Waals surface area contributed by atoms with E-state index in [9.17, 15) is 8.78 Å². The molecule has 0 heterocycles. The summed E-state index contributed by atoms with van der Waals surface area (Å²) in [6, 6.07) is 0. The van der Waals surface area contributed by atoms with E-state index in [0.29, 0.717) is 5.57 Å². The van der Waals surface area contributed by atoms with Crippen molar-refractivity contribution >= 4 is 0 Å². The van der Waals surface area contributed by atoms with Crippen LogP contribution in [-0.2, 0) is 0 Å². The van der Waals surface area contributed by atoms with Crippen LogP contribution < -0.4 is 0 Å². The molecule has 0 saturated carbocycles. The molecule has 0 fully saturated rings. The predicted molar refractivity (Wildman–Crippen MR) is 34.3 cm³/mol. The molecule has 0 N–H and O–H groups in total. The first-order valence-electron chi connectivity index (χ1n) is 2.41. The fourth-order valence-electron chi connectivity index (χ4n) is 0.295. The Balaban J connectivity index is 4.17. The van der Waals surface area contributed by atoms with Gasteiger partial charge in [0, 0.05) is 0 Å². The van der Waals surface area contributed by atoms with E-state index in [0.717, 1.165) is 6.08 Å². The maximum Gasteiger partial charge on any atom is 0.158 e. The van der Waals surface area contributed by atoms with Gasteiger partial charge in [-0.3, -0.25) is 0 Å². The maximum absolute atomic E-state index is 12.1. The molecule has 0 unspecified atom stereocenters.